The Morgan fingerprint density at radius 1 is 1.14 bits per heavy atom. The van der Waals surface area contributed by atoms with Crippen LogP contribution in [-0.4, -0.2) is 15.0 Å². The first kappa shape index (κ1) is 15.0. The van der Waals surface area contributed by atoms with E-state index in [0.29, 0.717) is 22.3 Å². The largest absolute Gasteiger partial charge is 0.237 e. The topological polar surface area (TPSA) is 58.9 Å². The van der Waals surface area contributed by atoms with Crippen LogP contribution < -0.4 is 0 Å². The number of nitriles is 1. The molecule has 0 spiro atoms. The Bertz CT molecular complexity index is 636. The van der Waals surface area contributed by atoms with Crippen molar-refractivity contribution >= 4 is 16.7 Å². The van der Waals surface area contributed by atoms with Gasteiger partial charge >= 0.3 is 0 Å². The molecule has 0 aliphatic heterocycles. The predicted octanol–water partition coefficient (Wildman–Crippen LogP) is 4.21. The molecule has 5 heteroatoms. The van der Waals surface area contributed by atoms with Gasteiger partial charge in [0.25, 0.3) is 0 Å². The summed E-state index contributed by atoms with van der Waals surface area (Å²) in [5.41, 5.74) is 2.08. The number of benzene rings is 1. The van der Waals surface area contributed by atoms with Crippen LogP contribution in [0.15, 0.2) is 12.1 Å². The van der Waals surface area contributed by atoms with Gasteiger partial charge in [0.15, 0.2) is 0 Å². The third kappa shape index (κ3) is 3.79. The molecule has 1 heterocycles. The van der Waals surface area contributed by atoms with Crippen molar-refractivity contribution in [2.24, 2.45) is 0 Å². The molecule has 108 valence electrons. The van der Waals surface area contributed by atoms with Crippen LogP contribution in [0.5, 0.6) is 0 Å². The smallest absolute Gasteiger partial charge is 0.206 e. The van der Waals surface area contributed by atoms with Crippen molar-refractivity contribution in [3.8, 4) is 6.07 Å². The number of unbranched alkanes of at least 4 members (excludes halogenated alkanes) is 5. The van der Waals surface area contributed by atoms with E-state index in [1.807, 2.05) is 6.07 Å². The van der Waals surface area contributed by atoms with Crippen molar-refractivity contribution < 1.29 is 0 Å². The Balaban J connectivity index is 2.00. The Morgan fingerprint density at radius 2 is 1.81 bits per heavy atom. The van der Waals surface area contributed by atoms with Crippen molar-refractivity contribution in [1.29, 1.82) is 5.26 Å². The molecule has 0 N–H and O–H groups in total. The van der Waals surface area contributed by atoms with Gasteiger partial charge in [-0.3, -0.25) is 0 Å². The quantitative estimate of drug-likeness (QED) is 0.564. The highest BCUT2D eigenvalue weighted by Gasteiger charge is 2.09. The van der Waals surface area contributed by atoms with Gasteiger partial charge in [-0.15, -0.1) is 0 Å². The molecule has 0 saturated heterocycles. The van der Waals surface area contributed by atoms with Crippen LogP contribution in [0.4, 0.5) is 5.69 Å². The number of aryl methyl sites for hydroxylation is 1. The maximum absolute atomic E-state index is 9.01. The number of aromatic nitrogens is 3. The highest BCUT2D eigenvalue weighted by atomic mass is 15.5. The van der Waals surface area contributed by atoms with Gasteiger partial charge in [-0.1, -0.05) is 39.0 Å². The molecule has 0 atom stereocenters. The minimum absolute atomic E-state index is 0.344. The zero-order chi connectivity index (χ0) is 15.1. The summed E-state index contributed by atoms with van der Waals surface area (Å²) >= 11 is 0. The third-order valence-electron chi connectivity index (χ3n) is 3.49. The summed E-state index contributed by atoms with van der Waals surface area (Å²) in [5, 5.41) is 17.8. The number of hydrogen-bond donors (Lipinski definition) is 0. The summed E-state index contributed by atoms with van der Waals surface area (Å²) in [7, 11) is 0. The Hall–Kier alpha value is -2.40. The molecule has 2 aromatic rings. The molecular formula is C16H19N5. The van der Waals surface area contributed by atoms with E-state index >= 15 is 0 Å². The van der Waals surface area contributed by atoms with E-state index in [2.05, 4.69) is 22.0 Å². The van der Waals surface area contributed by atoms with Crippen molar-refractivity contribution in [3.05, 3.63) is 29.1 Å². The molecule has 0 radical (unpaired) electrons. The first-order chi connectivity index (χ1) is 10.3. The van der Waals surface area contributed by atoms with Crippen LogP contribution in [0.25, 0.3) is 15.9 Å². The van der Waals surface area contributed by atoms with Gasteiger partial charge in [0.05, 0.1) is 24.7 Å². The van der Waals surface area contributed by atoms with Crippen LogP contribution in [-0.2, 0) is 6.54 Å². The highest BCUT2D eigenvalue weighted by molar-refractivity contribution is 5.82. The first-order valence-electron chi connectivity index (χ1n) is 7.45. The van der Waals surface area contributed by atoms with E-state index in [1.54, 1.807) is 16.9 Å². The lowest BCUT2D eigenvalue weighted by molar-refractivity contribution is 0.488. The molecule has 1 aromatic heterocycles. The second-order valence-electron chi connectivity index (χ2n) is 5.15. The standard InChI is InChI=1S/C16H19N5/c1-3-4-5-6-7-8-9-21-19-15-10-13(12-17)14(18-2)11-16(15)20-21/h10-11H,3-9H2,1H3. The van der Waals surface area contributed by atoms with E-state index in [4.69, 9.17) is 11.8 Å². The minimum Gasteiger partial charge on any atom is -0.237 e. The fraction of sp³-hybridized carbons (Fsp3) is 0.500. The van der Waals surface area contributed by atoms with Crippen molar-refractivity contribution in [3.63, 3.8) is 0 Å². The monoisotopic (exact) mass is 281 g/mol. The van der Waals surface area contributed by atoms with Crippen LogP contribution in [0, 0.1) is 17.9 Å². The van der Waals surface area contributed by atoms with E-state index < -0.39 is 0 Å². The Labute approximate surface area is 125 Å². The summed E-state index contributed by atoms with van der Waals surface area (Å²) in [6.45, 7) is 10.1. The highest BCUT2D eigenvalue weighted by Crippen LogP contribution is 2.23. The minimum atomic E-state index is 0.344. The van der Waals surface area contributed by atoms with E-state index in [0.717, 1.165) is 13.0 Å². The molecule has 0 aliphatic rings. The van der Waals surface area contributed by atoms with Crippen molar-refractivity contribution in [1.82, 2.24) is 15.0 Å². The van der Waals surface area contributed by atoms with Gasteiger partial charge in [-0.2, -0.15) is 20.3 Å². The molecular weight excluding hydrogens is 262 g/mol. The fourth-order valence-electron chi connectivity index (χ4n) is 2.31. The van der Waals surface area contributed by atoms with E-state index in [1.165, 1.54) is 32.1 Å². The molecule has 21 heavy (non-hydrogen) atoms. The van der Waals surface area contributed by atoms with E-state index in [9.17, 15) is 0 Å². The van der Waals surface area contributed by atoms with Crippen molar-refractivity contribution in [2.75, 3.05) is 0 Å². The second kappa shape index (κ2) is 7.40. The molecule has 0 aliphatic carbocycles. The molecule has 1 aromatic carbocycles. The number of nitrogens with zero attached hydrogens (tertiary/aromatic N) is 5. The normalized spacial score (nSPS) is 10.4. The second-order valence-corrected chi connectivity index (χ2v) is 5.15. The zero-order valence-corrected chi connectivity index (χ0v) is 12.3. The number of hydrogen-bond acceptors (Lipinski definition) is 3. The maximum Gasteiger partial charge on any atom is 0.206 e. The molecule has 5 nitrogen and oxygen atoms in total. The van der Waals surface area contributed by atoms with Gasteiger partial charge in [0.2, 0.25) is 5.69 Å². The van der Waals surface area contributed by atoms with Gasteiger partial charge in [-0.25, -0.2) is 4.85 Å². The average Bonchev–Trinajstić information content (AvgIpc) is 2.90. The summed E-state index contributed by atoms with van der Waals surface area (Å²) < 4.78 is 0. The summed E-state index contributed by atoms with van der Waals surface area (Å²) in [6.07, 6.45) is 7.37. The van der Waals surface area contributed by atoms with Gasteiger partial charge < -0.3 is 0 Å². The number of fused-ring (bicyclic) bond motifs is 1. The third-order valence-corrected chi connectivity index (χ3v) is 3.49. The predicted molar refractivity (Wildman–Crippen MR) is 81.9 cm³/mol. The Morgan fingerprint density at radius 3 is 2.48 bits per heavy atom. The summed E-state index contributed by atoms with van der Waals surface area (Å²) in [4.78, 5) is 5.04. The SMILES string of the molecule is [C-]#[N+]c1cc2nn(CCCCCCCC)nc2cc1C#N. The molecule has 0 saturated carbocycles. The van der Waals surface area contributed by atoms with Gasteiger partial charge in [0, 0.05) is 0 Å². The average molecular weight is 281 g/mol. The molecule has 2 rings (SSSR count). The lowest BCUT2D eigenvalue weighted by Crippen LogP contribution is -2.01. The first-order valence-corrected chi connectivity index (χ1v) is 7.45. The lowest BCUT2D eigenvalue weighted by Gasteiger charge is -2.00. The van der Waals surface area contributed by atoms with Gasteiger partial charge in [0.1, 0.15) is 11.0 Å². The number of rotatable bonds is 7. The molecule has 0 amide bonds. The van der Waals surface area contributed by atoms with Crippen LogP contribution in [0.2, 0.25) is 0 Å². The fourth-order valence-corrected chi connectivity index (χ4v) is 2.31. The van der Waals surface area contributed by atoms with Crippen LogP contribution in [0.1, 0.15) is 51.0 Å². The Kier molecular flexibility index (Phi) is 5.29. The van der Waals surface area contributed by atoms with Crippen LogP contribution in [0.3, 0.4) is 0 Å². The molecule has 0 unspecified atom stereocenters. The summed E-state index contributed by atoms with van der Waals surface area (Å²) in [6, 6.07) is 5.32. The van der Waals surface area contributed by atoms with Crippen molar-refractivity contribution in [2.45, 2.75) is 52.0 Å². The maximum atomic E-state index is 9.01. The lowest BCUT2D eigenvalue weighted by atomic mass is 10.1. The summed E-state index contributed by atoms with van der Waals surface area (Å²) in [5.74, 6) is 0. The molecule has 0 bridgehead atoms. The zero-order valence-electron chi connectivity index (χ0n) is 12.3. The van der Waals surface area contributed by atoms with Crippen LogP contribution >= 0.6 is 0 Å². The van der Waals surface area contributed by atoms with Gasteiger partial charge in [-0.05, 0) is 18.6 Å². The van der Waals surface area contributed by atoms with E-state index in [-0.39, 0.29) is 0 Å². The molecule has 0 fully saturated rings.